The van der Waals surface area contributed by atoms with Gasteiger partial charge in [0.1, 0.15) is 0 Å². The summed E-state index contributed by atoms with van der Waals surface area (Å²) in [5.41, 5.74) is 7.37. The van der Waals surface area contributed by atoms with Gasteiger partial charge >= 0.3 is 0 Å². The summed E-state index contributed by atoms with van der Waals surface area (Å²) in [6.45, 7) is 7.48. The molecule has 1 unspecified atom stereocenters. The van der Waals surface area contributed by atoms with Crippen LogP contribution in [0.25, 0.3) is 0 Å². The van der Waals surface area contributed by atoms with Crippen LogP contribution in [0.2, 0.25) is 0 Å². The van der Waals surface area contributed by atoms with E-state index in [1.807, 2.05) is 6.07 Å². The van der Waals surface area contributed by atoms with E-state index in [0.717, 1.165) is 6.54 Å². The molecule has 0 aliphatic carbocycles. The summed E-state index contributed by atoms with van der Waals surface area (Å²) in [7, 11) is 2.17. The van der Waals surface area contributed by atoms with Crippen LogP contribution < -0.4 is 5.73 Å². The zero-order valence-corrected chi connectivity index (χ0v) is 11.6. The minimum absolute atomic E-state index is 0.279. The van der Waals surface area contributed by atoms with E-state index in [2.05, 4.69) is 57.0 Å². The second-order valence-electron chi connectivity index (χ2n) is 5.17. The lowest BCUT2D eigenvalue weighted by molar-refractivity contribution is 0.185. The molecule has 0 fully saturated rings. The van der Waals surface area contributed by atoms with Gasteiger partial charge < -0.3 is 10.6 Å². The van der Waals surface area contributed by atoms with Crippen LogP contribution >= 0.6 is 0 Å². The van der Waals surface area contributed by atoms with Crippen LogP contribution in [-0.2, 0) is 5.54 Å². The molecule has 0 aromatic heterocycles. The third-order valence-electron chi connectivity index (χ3n) is 3.58. The second-order valence-corrected chi connectivity index (χ2v) is 5.17. The van der Waals surface area contributed by atoms with Gasteiger partial charge in [-0.2, -0.15) is 0 Å². The molecule has 96 valence electrons. The molecule has 0 spiro atoms. The zero-order valence-electron chi connectivity index (χ0n) is 11.6. The predicted molar refractivity (Wildman–Crippen MR) is 75.0 cm³/mol. The molecule has 1 aromatic carbocycles. The number of hydrogen-bond donors (Lipinski definition) is 1. The van der Waals surface area contributed by atoms with Gasteiger partial charge in [0, 0.05) is 12.6 Å². The van der Waals surface area contributed by atoms with Crippen molar-refractivity contribution in [1.82, 2.24) is 4.90 Å². The van der Waals surface area contributed by atoms with Crippen LogP contribution in [0.4, 0.5) is 0 Å². The highest BCUT2D eigenvalue weighted by molar-refractivity contribution is 5.23. The number of nitrogens with two attached hydrogens (primary N) is 1. The average molecular weight is 234 g/mol. The fourth-order valence-corrected chi connectivity index (χ4v) is 2.47. The van der Waals surface area contributed by atoms with Gasteiger partial charge in [-0.15, -0.1) is 0 Å². The molecular weight excluding hydrogens is 208 g/mol. The largest absolute Gasteiger partial charge is 0.321 e. The summed E-state index contributed by atoms with van der Waals surface area (Å²) in [6.07, 6.45) is 2.36. The first kappa shape index (κ1) is 14.2. The first-order valence-corrected chi connectivity index (χ1v) is 6.56. The van der Waals surface area contributed by atoms with Crippen molar-refractivity contribution in [3.63, 3.8) is 0 Å². The van der Waals surface area contributed by atoms with Crippen molar-refractivity contribution in [2.24, 2.45) is 5.73 Å². The Morgan fingerprint density at radius 2 is 1.71 bits per heavy atom. The summed E-state index contributed by atoms with van der Waals surface area (Å²) in [4.78, 5) is 2.38. The Labute approximate surface area is 106 Å². The minimum atomic E-state index is -0.279. The SMILES string of the molecule is CCC(CC)N(C)CC(C)(N)c1ccccc1. The molecule has 1 aromatic rings. The van der Waals surface area contributed by atoms with Gasteiger partial charge in [-0.1, -0.05) is 44.2 Å². The molecule has 1 atom stereocenters. The van der Waals surface area contributed by atoms with Crippen molar-refractivity contribution >= 4 is 0 Å². The summed E-state index contributed by atoms with van der Waals surface area (Å²) in [5, 5.41) is 0. The van der Waals surface area contributed by atoms with Gasteiger partial charge in [0.15, 0.2) is 0 Å². The Balaban J connectivity index is 2.73. The normalized spacial score (nSPS) is 15.2. The Bertz CT molecular complexity index is 315. The maximum absolute atomic E-state index is 6.44. The highest BCUT2D eigenvalue weighted by atomic mass is 15.1. The van der Waals surface area contributed by atoms with E-state index < -0.39 is 0 Å². The number of nitrogens with zero attached hydrogens (tertiary/aromatic N) is 1. The Kier molecular flexibility index (Phi) is 5.16. The van der Waals surface area contributed by atoms with E-state index in [0.29, 0.717) is 6.04 Å². The number of likely N-dealkylation sites (N-methyl/N-ethyl adjacent to an activating group) is 1. The van der Waals surface area contributed by atoms with Crippen LogP contribution in [0, 0.1) is 0 Å². The van der Waals surface area contributed by atoms with Gasteiger partial charge in [0.05, 0.1) is 5.54 Å². The zero-order chi connectivity index (χ0) is 12.9. The molecule has 17 heavy (non-hydrogen) atoms. The van der Waals surface area contributed by atoms with Crippen LogP contribution in [0.5, 0.6) is 0 Å². The van der Waals surface area contributed by atoms with Gasteiger partial charge in [0.2, 0.25) is 0 Å². The molecule has 0 aliphatic heterocycles. The third kappa shape index (κ3) is 3.83. The topological polar surface area (TPSA) is 29.3 Å². The number of hydrogen-bond acceptors (Lipinski definition) is 2. The molecule has 0 saturated carbocycles. The van der Waals surface area contributed by atoms with Crippen LogP contribution in [0.15, 0.2) is 30.3 Å². The molecule has 1 rings (SSSR count). The van der Waals surface area contributed by atoms with E-state index in [1.54, 1.807) is 0 Å². The van der Waals surface area contributed by atoms with Gasteiger partial charge in [0.25, 0.3) is 0 Å². The molecular formula is C15H26N2. The Hall–Kier alpha value is -0.860. The fraction of sp³-hybridized carbons (Fsp3) is 0.600. The quantitative estimate of drug-likeness (QED) is 0.820. The Morgan fingerprint density at radius 3 is 2.18 bits per heavy atom. The standard InChI is InChI=1S/C15H26N2/c1-5-14(6-2)17(4)12-15(3,16)13-10-8-7-9-11-13/h7-11,14H,5-6,12,16H2,1-4H3. The van der Waals surface area contributed by atoms with Crippen molar-refractivity contribution in [1.29, 1.82) is 0 Å². The van der Waals surface area contributed by atoms with Crippen molar-refractivity contribution in [2.75, 3.05) is 13.6 Å². The lowest BCUT2D eigenvalue weighted by atomic mass is 9.92. The Morgan fingerprint density at radius 1 is 1.18 bits per heavy atom. The average Bonchev–Trinajstić information content (AvgIpc) is 2.31. The first-order chi connectivity index (χ1) is 8.01. The van der Waals surface area contributed by atoms with Crippen LogP contribution in [0.3, 0.4) is 0 Å². The molecule has 0 saturated heterocycles. The van der Waals surface area contributed by atoms with Crippen molar-refractivity contribution < 1.29 is 0 Å². The maximum Gasteiger partial charge on any atom is 0.0509 e. The minimum Gasteiger partial charge on any atom is -0.321 e. The monoisotopic (exact) mass is 234 g/mol. The second kappa shape index (κ2) is 6.18. The molecule has 2 heteroatoms. The lowest BCUT2D eigenvalue weighted by Crippen LogP contribution is -2.47. The molecule has 0 aliphatic rings. The van der Waals surface area contributed by atoms with Crippen molar-refractivity contribution in [2.45, 2.75) is 45.2 Å². The van der Waals surface area contributed by atoms with Crippen LogP contribution in [0.1, 0.15) is 39.2 Å². The summed E-state index contributed by atoms with van der Waals surface area (Å²) >= 11 is 0. The van der Waals surface area contributed by atoms with E-state index in [4.69, 9.17) is 5.73 Å². The summed E-state index contributed by atoms with van der Waals surface area (Å²) in [6, 6.07) is 11.0. The van der Waals surface area contributed by atoms with E-state index in [1.165, 1.54) is 18.4 Å². The van der Waals surface area contributed by atoms with Crippen LogP contribution in [-0.4, -0.2) is 24.5 Å². The molecule has 0 bridgehead atoms. The van der Waals surface area contributed by atoms with Gasteiger partial charge in [-0.25, -0.2) is 0 Å². The molecule has 0 amide bonds. The van der Waals surface area contributed by atoms with E-state index >= 15 is 0 Å². The highest BCUT2D eigenvalue weighted by Gasteiger charge is 2.25. The maximum atomic E-state index is 6.44. The van der Waals surface area contributed by atoms with Crippen molar-refractivity contribution in [3.05, 3.63) is 35.9 Å². The molecule has 0 heterocycles. The van der Waals surface area contributed by atoms with Crippen molar-refractivity contribution in [3.8, 4) is 0 Å². The highest BCUT2D eigenvalue weighted by Crippen LogP contribution is 2.20. The van der Waals surface area contributed by atoms with E-state index in [-0.39, 0.29) is 5.54 Å². The summed E-state index contributed by atoms with van der Waals surface area (Å²) < 4.78 is 0. The fourth-order valence-electron chi connectivity index (χ4n) is 2.47. The molecule has 2 N–H and O–H groups in total. The lowest BCUT2D eigenvalue weighted by Gasteiger charge is -2.35. The smallest absolute Gasteiger partial charge is 0.0509 e. The molecule has 0 radical (unpaired) electrons. The third-order valence-corrected chi connectivity index (χ3v) is 3.58. The molecule has 2 nitrogen and oxygen atoms in total. The number of benzene rings is 1. The first-order valence-electron chi connectivity index (χ1n) is 6.56. The number of rotatable bonds is 6. The van der Waals surface area contributed by atoms with Gasteiger partial charge in [-0.05, 0) is 32.4 Å². The van der Waals surface area contributed by atoms with E-state index in [9.17, 15) is 0 Å². The predicted octanol–water partition coefficient (Wildman–Crippen LogP) is 2.98. The summed E-state index contributed by atoms with van der Waals surface area (Å²) in [5.74, 6) is 0. The van der Waals surface area contributed by atoms with Gasteiger partial charge in [-0.3, -0.25) is 0 Å².